The molecule has 0 saturated heterocycles. The van der Waals surface area contributed by atoms with Crippen LogP contribution in [0.3, 0.4) is 0 Å². The first-order valence-electron chi connectivity index (χ1n) is 8.48. The van der Waals surface area contributed by atoms with Crippen LogP contribution in [0.25, 0.3) is 0 Å². The summed E-state index contributed by atoms with van der Waals surface area (Å²) in [6, 6.07) is 10.7. The number of urea groups is 1. The van der Waals surface area contributed by atoms with Gasteiger partial charge in [-0.3, -0.25) is 10.1 Å². The first-order valence-corrected chi connectivity index (χ1v) is 9.30. The van der Waals surface area contributed by atoms with Crippen molar-refractivity contribution < 1.29 is 18.4 Å². The summed E-state index contributed by atoms with van der Waals surface area (Å²) in [5, 5.41) is 4.94. The van der Waals surface area contributed by atoms with Gasteiger partial charge in [-0.1, -0.05) is 6.07 Å². The number of rotatable bonds is 4. The highest BCUT2D eigenvalue weighted by atomic mass is 32.2. The molecule has 29 heavy (non-hydrogen) atoms. The van der Waals surface area contributed by atoms with Crippen LogP contribution in [0.5, 0.6) is 0 Å². The Balaban J connectivity index is 1.62. The number of anilines is 1. The van der Waals surface area contributed by atoms with Gasteiger partial charge in [0.05, 0.1) is 0 Å². The summed E-state index contributed by atoms with van der Waals surface area (Å²) in [5.74, 6) is -3.27. The van der Waals surface area contributed by atoms with Crippen LogP contribution in [0, 0.1) is 25.5 Å². The summed E-state index contributed by atoms with van der Waals surface area (Å²) in [7, 11) is 0. The number of hydrogen-bond donors (Lipinski definition) is 2. The molecular formula is C20H16F2N4O2S. The predicted octanol–water partition coefficient (Wildman–Crippen LogP) is 4.48. The highest BCUT2D eigenvalue weighted by Crippen LogP contribution is 2.26. The normalized spacial score (nSPS) is 10.5. The number of carbonyl (C=O) groups excluding carboxylic acids is 2. The Morgan fingerprint density at radius 1 is 0.931 bits per heavy atom. The summed E-state index contributed by atoms with van der Waals surface area (Å²) in [5.41, 5.74) is 1.31. The quantitative estimate of drug-likeness (QED) is 0.615. The van der Waals surface area contributed by atoms with Crippen molar-refractivity contribution in [2.45, 2.75) is 23.9 Å². The molecule has 0 bridgehead atoms. The minimum Gasteiger partial charge on any atom is -0.308 e. The molecule has 3 rings (SSSR count). The number of hydrogen-bond acceptors (Lipinski definition) is 5. The zero-order chi connectivity index (χ0) is 21.0. The van der Waals surface area contributed by atoms with Crippen molar-refractivity contribution >= 4 is 29.4 Å². The van der Waals surface area contributed by atoms with E-state index in [1.165, 1.54) is 11.8 Å². The van der Waals surface area contributed by atoms with Crippen LogP contribution < -0.4 is 10.6 Å². The number of benzene rings is 2. The largest absolute Gasteiger partial charge is 0.326 e. The number of aryl methyl sites for hydroxylation is 2. The average Bonchev–Trinajstić information content (AvgIpc) is 2.62. The molecule has 0 spiro atoms. The van der Waals surface area contributed by atoms with Crippen molar-refractivity contribution in [1.82, 2.24) is 15.3 Å². The number of halogens is 2. The van der Waals surface area contributed by atoms with E-state index in [9.17, 15) is 18.4 Å². The van der Waals surface area contributed by atoms with E-state index in [2.05, 4.69) is 15.3 Å². The Bertz CT molecular complexity index is 1030. The smallest absolute Gasteiger partial charge is 0.308 e. The van der Waals surface area contributed by atoms with E-state index in [4.69, 9.17) is 0 Å². The number of nitrogens with one attached hydrogen (secondary N) is 2. The molecule has 6 nitrogen and oxygen atoms in total. The highest BCUT2D eigenvalue weighted by molar-refractivity contribution is 7.99. The summed E-state index contributed by atoms with van der Waals surface area (Å²) in [6.45, 7) is 3.78. The minimum absolute atomic E-state index is 0.398. The average molecular weight is 414 g/mol. The minimum atomic E-state index is -1.17. The number of aromatic nitrogens is 2. The lowest BCUT2D eigenvalue weighted by Gasteiger charge is -2.09. The zero-order valence-corrected chi connectivity index (χ0v) is 16.3. The molecular weight excluding hydrogens is 398 g/mol. The summed E-state index contributed by atoms with van der Waals surface area (Å²) < 4.78 is 27.2. The lowest BCUT2D eigenvalue weighted by molar-refractivity contribution is 0.0959. The third-order valence-electron chi connectivity index (χ3n) is 3.70. The van der Waals surface area contributed by atoms with E-state index in [1.807, 2.05) is 25.2 Å². The fraction of sp³-hybridized carbons (Fsp3) is 0.100. The van der Waals surface area contributed by atoms with Crippen molar-refractivity contribution in [2.75, 3.05) is 5.32 Å². The summed E-state index contributed by atoms with van der Waals surface area (Å²) in [6.07, 6.45) is 0. The maximum Gasteiger partial charge on any atom is 0.326 e. The maximum atomic E-state index is 13.6. The first kappa shape index (κ1) is 20.4. The Labute approximate surface area is 169 Å². The van der Waals surface area contributed by atoms with Gasteiger partial charge >= 0.3 is 6.03 Å². The summed E-state index contributed by atoms with van der Waals surface area (Å²) in [4.78, 5) is 33.4. The molecule has 1 aromatic heterocycles. The molecule has 0 fully saturated rings. The van der Waals surface area contributed by atoms with E-state index < -0.39 is 29.1 Å². The first-order chi connectivity index (χ1) is 13.8. The molecule has 0 radical (unpaired) electrons. The highest BCUT2D eigenvalue weighted by Gasteiger charge is 2.19. The number of imide groups is 1. The zero-order valence-electron chi connectivity index (χ0n) is 15.5. The molecule has 2 aromatic carbocycles. The monoisotopic (exact) mass is 414 g/mol. The third kappa shape index (κ3) is 5.35. The van der Waals surface area contributed by atoms with E-state index >= 15 is 0 Å². The molecule has 3 amide bonds. The number of nitrogens with zero attached hydrogens (tertiary/aromatic N) is 2. The van der Waals surface area contributed by atoms with Crippen LogP contribution >= 0.6 is 11.8 Å². The second-order valence-electron chi connectivity index (χ2n) is 6.06. The SMILES string of the molecule is Cc1cc(C)nc(Sc2ccc(NC(=O)NC(=O)c3c(F)cccc3F)cc2)n1. The van der Waals surface area contributed by atoms with Gasteiger partial charge < -0.3 is 5.32 Å². The van der Waals surface area contributed by atoms with Gasteiger partial charge in [0.2, 0.25) is 0 Å². The second kappa shape index (κ2) is 8.78. The fourth-order valence-corrected chi connectivity index (χ4v) is 3.36. The number of carbonyl (C=O) groups is 2. The Morgan fingerprint density at radius 2 is 1.52 bits per heavy atom. The molecule has 0 atom stereocenters. The molecule has 0 aliphatic rings. The van der Waals surface area contributed by atoms with Crippen molar-refractivity contribution in [1.29, 1.82) is 0 Å². The van der Waals surface area contributed by atoms with Crippen LogP contribution in [0.1, 0.15) is 21.7 Å². The summed E-state index contributed by atoms with van der Waals surface area (Å²) >= 11 is 1.37. The van der Waals surface area contributed by atoms with Crippen molar-refractivity contribution in [2.24, 2.45) is 0 Å². The molecule has 0 unspecified atom stereocenters. The Kier molecular flexibility index (Phi) is 6.18. The molecule has 3 aromatic rings. The van der Waals surface area contributed by atoms with Crippen LogP contribution in [-0.4, -0.2) is 21.9 Å². The fourth-order valence-electron chi connectivity index (χ4n) is 2.49. The van der Waals surface area contributed by atoms with Crippen molar-refractivity contribution in [3.8, 4) is 0 Å². The lowest BCUT2D eigenvalue weighted by atomic mass is 10.2. The molecule has 0 saturated carbocycles. The molecule has 0 aliphatic heterocycles. The number of amides is 3. The van der Waals surface area contributed by atoms with Crippen LogP contribution in [0.4, 0.5) is 19.3 Å². The molecule has 9 heteroatoms. The molecule has 2 N–H and O–H groups in total. The van der Waals surface area contributed by atoms with Gasteiger partial charge in [-0.15, -0.1) is 0 Å². The van der Waals surface area contributed by atoms with E-state index in [0.29, 0.717) is 10.8 Å². The predicted molar refractivity (Wildman–Crippen MR) is 105 cm³/mol. The van der Waals surface area contributed by atoms with Crippen molar-refractivity contribution in [3.63, 3.8) is 0 Å². The molecule has 1 heterocycles. The third-order valence-corrected chi connectivity index (χ3v) is 4.57. The van der Waals surface area contributed by atoms with Crippen LogP contribution in [-0.2, 0) is 0 Å². The van der Waals surface area contributed by atoms with E-state index in [-0.39, 0.29) is 0 Å². The van der Waals surface area contributed by atoms with E-state index in [1.54, 1.807) is 24.3 Å². The molecule has 0 aliphatic carbocycles. The van der Waals surface area contributed by atoms with E-state index in [0.717, 1.165) is 34.5 Å². The Hall–Kier alpha value is -3.33. The van der Waals surface area contributed by atoms with Crippen LogP contribution in [0.15, 0.2) is 58.6 Å². The van der Waals surface area contributed by atoms with Gasteiger partial charge in [0.1, 0.15) is 17.2 Å². The van der Waals surface area contributed by atoms with Gasteiger partial charge in [0, 0.05) is 22.0 Å². The van der Waals surface area contributed by atoms with Crippen molar-refractivity contribution in [3.05, 3.63) is 77.1 Å². The maximum absolute atomic E-state index is 13.6. The molecule has 148 valence electrons. The second-order valence-corrected chi connectivity index (χ2v) is 7.11. The van der Waals surface area contributed by atoms with Gasteiger partial charge in [-0.25, -0.2) is 23.5 Å². The topological polar surface area (TPSA) is 84.0 Å². The Morgan fingerprint density at radius 3 is 2.10 bits per heavy atom. The van der Waals surface area contributed by atoms with Crippen LogP contribution in [0.2, 0.25) is 0 Å². The van der Waals surface area contributed by atoms with Gasteiger partial charge in [-0.2, -0.15) is 0 Å². The lowest BCUT2D eigenvalue weighted by Crippen LogP contribution is -2.35. The standard InChI is InChI=1S/C20H16F2N4O2S/c1-11-10-12(2)24-20(23-11)29-14-8-6-13(7-9-14)25-19(28)26-18(27)17-15(21)4-3-5-16(17)22/h3-10H,1-2H3,(H2,25,26,27,28). The van der Waals surface area contributed by atoms with Gasteiger partial charge in [0.25, 0.3) is 5.91 Å². The van der Waals surface area contributed by atoms with Gasteiger partial charge in [0.15, 0.2) is 5.16 Å². The van der Waals surface area contributed by atoms with Gasteiger partial charge in [-0.05, 0) is 68.1 Å².